The van der Waals surface area contributed by atoms with Crippen LogP contribution in [-0.4, -0.2) is 90.5 Å². The minimum absolute atomic E-state index is 0.175. The lowest BCUT2D eigenvalue weighted by molar-refractivity contribution is 0.0718. The zero-order valence-electron chi connectivity index (χ0n) is 21.0. The van der Waals surface area contributed by atoms with Crippen LogP contribution in [0.4, 0.5) is 0 Å². The molecule has 0 unspecified atom stereocenters. The maximum Gasteiger partial charge on any atom is 0.254 e. The van der Waals surface area contributed by atoms with Crippen LogP contribution < -0.4 is 28.4 Å². The van der Waals surface area contributed by atoms with Gasteiger partial charge in [0.1, 0.15) is 0 Å². The Kier molecular flexibility index (Phi) is 8.51. The lowest BCUT2D eigenvalue weighted by atomic mass is 10.1. The van der Waals surface area contributed by atoms with E-state index in [1.807, 2.05) is 0 Å². The van der Waals surface area contributed by atoms with E-state index in [0.717, 1.165) is 0 Å². The van der Waals surface area contributed by atoms with E-state index < -0.39 is 0 Å². The van der Waals surface area contributed by atoms with Gasteiger partial charge in [-0.1, -0.05) is 0 Å². The van der Waals surface area contributed by atoms with Gasteiger partial charge in [0.15, 0.2) is 23.0 Å². The molecule has 0 atom stereocenters. The second kappa shape index (κ2) is 11.5. The third kappa shape index (κ3) is 5.31. The number of ether oxygens (including phenoxy) is 6. The molecule has 1 aliphatic rings. The normalized spacial score (nSPS) is 13.5. The molecule has 0 spiro atoms. The molecule has 0 N–H and O–H groups in total. The van der Waals surface area contributed by atoms with Gasteiger partial charge in [-0.15, -0.1) is 0 Å². The Hall–Kier alpha value is -3.82. The quantitative estimate of drug-likeness (QED) is 0.560. The van der Waals surface area contributed by atoms with Crippen LogP contribution in [0.25, 0.3) is 0 Å². The molecule has 0 aromatic heterocycles. The number of amides is 2. The number of methoxy groups -OCH3 is 6. The SMILES string of the molecule is COc1cc(C(=O)N2CCCN(C(=O)c3cc(OC)c(OC)c(OC)c3)CC2)cc(OC)c1OC. The van der Waals surface area contributed by atoms with Crippen LogP contribution in [0, 0.1) is 0 Å². The molecule has 0 bridgehead atoms. The van der Waals surface area contributed by atoms with Gasteiger partial charge >= 0.3 is 0 Å². The molecule has 1 fully saturated rings. The van der Waals surface area contributed by atoms with Crippen LogP contribution in [0.5, 0.6) is 34.5 Å². The average Bonchev–Trinajstić information content (AvgIpc) is 3.16. The van der Waals surface area contributed by atoms with Crippen molar-refractivity contribution in [3.63, 3.8) is 0 Å². The van der Waals surface area contributed by atoms with Gasteiger partial charge in [0.05, 0.1) is 42.7 Å². The number of rotatable bonds is 8. The smallest absolute Gasteiger partial charge is 0.254 e. The fourth-order valence-electron chi connectivity index (χ4n) is 4.10. The van der Waals surface area contributed by atoms with Gasteiger partial charge in [0.25, 0.3) is 11.8 Å². The van der Waals surface area contributed by atoms with E-state index in [-0.39, 0.29) is 11.8 Å². The predicted octanol–water partition coefficient (Wildman–Crippen LogP) is 2.73. The van der Waals surface area contributed by atoms with Crippen molar-refractivity contribution < 1.29 is 38.0 Å². The highest BCUT2D eigenvalue weighted by Crippen LogP contribution is 2.39. The summed E-state index contributed by atoms with van der Waals surface area (Å²) >= 11 is 0. The summed E-state index contributed by atoms with van der Waals surface area (Å²) in [6, 6.07) is 6.53. The standard InChI is InChI=1S/C25H32N2O8/c1-30-18-12-16(13-19(31-2)22(18)34-5)24(28)26-8-7-9-27(11-10-26)25(29)17-14-20(32-3)23(35-6)21(15-17)33-4/h12-15H,7-11H2,1-6H3. The van der Waals surface area contributed by atoms with E-state index in [1.165, 1.54) is 42.7 Å². The lowest BCUT2D eigenvalue weighted by Gasteiger charge is -2.23. The highest BCUT2D eigenvalue weighted by Gasteiger charge is 2.27. The van der Waals surface area contributed by atoms with Crippen LogP contribution >= 0.6 is 0 Å². The van der Waals surface area contributed by atoms with Gasteiger partial charge in [0, 0.05) is 37.3 Å². The van der Waals surface area contributed by atoms with Gasteiger partial charge in [-0.25, -0.2) is 0 Å². The lowest BCUT2D eigenvalue weighted by Crippen LogP contribution is -2.37. The summed E-state index contributed by atoms with van der Waals surface area (Å²) in [5, 5.41) is 0. The van der Waals surface area contributed by atoms with Crippen molar-refractivity contribution in [3.05, 3.63) is 35.4 Å². The summed E-state index contributed by atoms with van der Waals surface area (Å²) < 4.78 is 32.2. The maximum absolute atomic E-state index is 13.3. The number of carbonyl (C=O) groups excluding carboxylic acids is 2. The van der Waals surface area contributed by atoms with Gasteiger partial charge in [-0.3, -0.25) is 9.59 Å². The Balaban J connectivity index is 1.79. The number of carbonyl (C=O) groups is 2. The zero-order chi connectivity index (χ0) is 25.5. The van der Waals surface area contributed by atoms with Crippen LogP contribution in [0.2, 0.25) is 0 Å². The second-order valence-corrected chi connectivity index (χ2v) is 7.77. The molecule has 0 saturated carbocycles. The first-order valence-electron chi connectivity index (χ1n) is 11.1. The summed E-state index contributed by atoms with van der Waals surface area (Å²) in [6.07, 6.45) is 0.631. The largest absolute Gasteiger partial charge is 0.493 e. The second-order valence-electron chi connectivity index (χ2n) is 7.77. The van der Waals surface area contributed by atoms with Crippen LogP contribution in [0.1, 0.15) is 27.1 Å². The Labute approximate surface area is 205 Å². The van der Waals surface area contributed by atoms with Crippen LogP contribution in [0.15, 0.2) is 24.3 Å². The fourth-order valence-corrected chi connectivity index (χ4v) is 4.10. The Bertz CT molecular complexity index is 938. The number of nitrogens with zero attached hydrogens (tertiary/aromatic N) is 2. The molecule has 190 valence electrons. The van der Waals surface area contributed by atoms with Crippen molar-refractivity contribution in [2.75, 3.05) is 68.8 Å². The molecular weight excluding hydrogens is 456 g/mol. The van der Waals surface area contributed by atoms with E-state index in [0.29, 0.717) is 78.2 Å². The monoisotopic (exact) mass is 488 g/mol. The molecule has 35 heavy (non-hydrogen) atoms. The van der Waals surface area contributed by atoms with Crippen molar-refractivity contribution in [3.8, 4) is 34.5 Å². The first kappa shape index (κ1) is 25.8. The highest BCUT2D eigenvalue weighted by molar-refractivity contribution is 5.97. The zero-order valence-corrected chi connectivity index (χ0v) is 21.0. The molecule has 0 aliphatic carbocycles. The highest BCUT2D eigenvalue weighted by atomic mass is 16.5. The predicted molar refractivity (Wildman–Crippen MR) is 129 cm³/mol. The Morgan fingerprint density at radius 2 is 0.857 bits per heavy atom. The van der Waals surface area contributed by atoms with Crippen molar-refractivity contribution in [1.82, 2.24) is 9.80 Å². The number of benzene rings is 2. The van der Waals surface area contributed by atoms with E-state index in [9.17, 15) is 9.59 Å². The first-order chi connectivity index (χ1) is 16.9. The third-order valence-electron chi connectivity index (χ3n) is 5.89. The molecule has 3 rings (SSSR count). The molecule has 10 nitrogen and oxygen atoms in total. The van der Waals surface area contributed by atoms with E-state index >= 15 is 0 Å². The summed E-state index contributed by atoms with van der Waals surface area (Å²) in [4.78, 5) is 30.0. The minimum Gasteiger partial charge on any atom is -0.493 e. The molecular formula is C25H32N2O8. The van der Waals surface area contributed by atoms with Gasteiger partial charge in [-0.05, 0) is 30.7 Å². The van der Waals surface area contributed by atoms with Gasteiger partial charge in [-0.2, -0.15) is 0 Å². The average molecular weight is 489 g/mol. The summed E-state index contributed by atoms with van der Waals surface area (Å²) in [5.74, 6) is 2.12. The molecule has 10 heteroatoms. The molecule has 2 amide bonds. The minimum atomic E-state index is -0.175. The Morgan fingerprint density at radius 1 is 0.543 bits per heavy atom. The van der Waals surface area contributed by atoms with Crippen molar-refractivity contribution in [1.29, 1.82) is 0 Å². The Morgan fingerprint density at radius 3 is 1.11 bits per heavy atom. The van der Waals surface area contributed by atoms with Crippen molar-refractivity contribution >= 4 is 11.8 Å². The van der Waals surface area contributed by atoms with Crippen LogP contribution in [-0.2, 0) is 0 Å². The van der Waals surface area contributed by atoms with E-state index in [2.05, 4.69) is 0 Å². The summed E-state index contributed by atoms with van der Waals surface area (Å²) in [5.41, 5.74) is 0.841. The third-order valence-corrected chi connectivity index (χ3v) is 5.89. The first-order valence-corrected chi connectivity index (χ1v) is 11.1. The molecule has 0 radical (unpaired) electrons. The van der Waals surface area contributed by atoms with Gasteiger partial charge < -0.3 is 38.2 Å². The molecule has 1 aliphatic heterocycles. The van der Waals surface area contributed by atoms with E-state index in [1.54, 1.807) is 34.1 Å². The molecule has 2 aromatic rings. The topological polar surface area (TPSA) is 96.0 Å². The summed E-state index contributed by atoms with van der Waals surface area (Å²) in [7, 11) is 9.04. The van der Waals surface area contributed by atoms with Crippen LogP contribution in [0.3, 0.4) is 0 Å². The van der Waals surface area contributed by atoms with Crippen molar-refractivity contribution in [2.45, 2.75) is 6.42 Å². The van der Waals surface area contributed by atoms with Crippen molar-refractivity contribution in [2.24, 2.45) is 0 Å². The fraction of sp³-hybridized carbons (Fsp3) is 0.440. The van der Waals surface area contributed by atoms with E-state index in [4.69, 9.17) is 28.4 Å². The summed E-state index contributed by atoms with van der Waals surface area (Å²) in [6.45, 7) is 1.78. The number of hydrogen-bond donors (Lipinski definition) is 0. The van der Waals surface area contributed by atoms with Gasteiger partial charge in [0.2, 0.25) is 11.5 Å². The maximum atomic E-state index is 13.3. The molecule has 1 saturated heterocycles. The molecule has 2 aromatic carbocycles. The molecule has 1 heterocycles. The number of hydrogen-bond acceptors (Lipinski definition) is 8.